The SMILES string of the molecule is Nc1ccc(NCCN2CCCCCC2)nc1. The van der Waals surface area contributed by atoms with E-state index >= 15 is 0 Å². The van der Waals surface area contributed by atoms with Crippen LogP contribution in [0.15, 0.2) is 18.3 Å². The molecule has 17 heavy (non-hydrogen) atoms. The minimum Gasteiger partial charge on any atom is -0.397 e. The summed E-state index contributed by atoms with van der Waals surface area (Å²) in [6.07, 6.45) is 7.17. The maximum atomic E-state index is 5.59. The molecule has 0 amide bonds. The average molecular weight is 234 g/mol. The minimum atomic E-state index is 0.711. The summed E-state index contributed by atoms with van der Waals surface area (Å²) in [7, 11) is 0. The van der Waals surface area contributed by atoms with Gasteiger partial charge in [-0.05, 0) is 38.1 Å². The zero-order chi connectivity index (χ0) is 11.9. The third-order valence-corrected chi connectivity index (χ3v) is 3.22. The summed E-state index contributed by atoms with van der Waals surface area (Å²) < 4.78 is 0. The lowest BCUT2D eigenvalue weighted by Crippen LogP contribution is -2.30. The number of hydrogen-bond acceptors (Lipinski definition) is 4. The molecule has 0 aromatic carbocycles. The number of rotatable bonds is 4. The molecule has 2 heterocycles. The molecule has 3 N–H and O–H groups in total. The summed E-state index contributed by atoms with van der Waals surface area (Å²) in [6, 6.07) is 3.80. The van der Waals surface area contributed by atoms with Crippen molar-refractivity contribution in [1.29, 1.82) is 0 Å². The number of nitrogens with one attached hydrogen (secondary N) is 1. The van der Waals surface area contributed by atoms with Crippen molar-refractivity contribution >= 4 is 11.5 Å². The highest BCUT2D eigenvalue weighted by atomic mass is 15.1. The van der Waals surface area contributed by atoms with Crippen molar-refractivity contribution in [3.8, 4) is 0 Å². The molecule has 0 radical (unpaired) electrons. The number of likely N-dealkylation sites (tertiary alicyclic amines) is 1. The van der Waals surface area contributed by atoms with Gasteiger partial charge in [0.15, 0.2) is 0 Å². The van der Waals surface area contributed by atoms with E-state index in [1.165, 1.54) is 38.8 Å². The van der Waals surface area contributed by atoms with Gasteiger partial charge in [0.05, 0.1) is 11.9 Å². The normalized spacial score (nSPS) is 17.6. The molecule has 2 rings (SSSR count). The second-order valence-electron chi connectivity index (χ2n) is 4.66. The molecule has 0 atom stereocenters. The molecule has 94 valence electrons. The van der Waals surface area contributed by atoms with Gasteiger partial charge in [0.2, 0.25) is 0 Å². The van der Waals surface area contributed by atoms with Crippen LogP contribution >= 0.6 is 0 Å². The Labute approximate surface area is 103 Å². The van der Waals surface area contributed by atoms with Crippen LogP contribution in [0.3, 0.4) is 0 Å². The molecule has 4 nitrogen and oxygen atoms in total. The molecule has 1 aromatic rings. The summed E-state index contributed by atoms with van der Waals surface area (Å²) in [5.41, 5.74) is 6.30. The summed E-state index contributed by atoms with van der Waals surface area (Å²) >= 11 is 0. The molecule has 1 aliphatic heterocycles. The van der Waals surface area contributed by atoms with Crippen LogP contribution in [0.1, 0.15) is 25.7 Å². The average Bonchev–Trinajstić information content (AvgIpc) is 2.60. The lowest BCUT2D eigenvalue weighted by molar-refractivity contribution is 0.296. The van der Waals surface area contributed by atoms with Crippen molar-refractivity contribution in [1.82, 2.24) is 9.88 Å². The summed E-state index contributed by atoms with van der Waals surface area (Å²) in [5.74, 6) is 0.911. The van der Waals surface area contributed by atoms with Gasteiger partial charge in [-0.25, -0.2) is 4.98 Å². The van der Waals surface area contributed by atoms with E-state index in [4.69, 9.17) is 5.73 Å². The number of nitrogen functional groups attached to an aromatic ring is 1. The maximum Gasteiger partial charge on any atom is 0.126 e. The number of nitrogens with two attached hydrogens (primary N) is 1. The molecular weight excluding hydrogens is 212 g/mol. The van der Waals surface area contributed by atoms with Crippen LogP contribution in [0.2, 0.25) is 0 Å². The van der Waals surface area contributed by atoms with Crippen molar-refractivity contribution < 1.29 is 0 Å². The third kappa shape index (κ3) is 4.23. The Kier molecular flexibility index (Phi) is 4.62. The van der Waals surface area contributed by atoms with Crippen LogP contribution in [-0.2, 0) is 0 Å². The van der Waals surface area contributed by atoms with E-state index in [-0.39, 0.29) is 0 Å². The summed E-state index contributed by atoms with van der Waals surface area (Å²) in [5, 5.41) is 3.33. The van der Waals surface area contributed by atoms with Crippen molar-refractivity contribution in [2.24, 2.45) is 0 Å². The predicted molar refractivity (Wildman–Crippen MR) is 72.0 cm³/mol. The molecule has 1 aromatic heterocycles. The van der Waals surface area contributed by atoms with Gasteiger partial charge in [-0.2, -0.15) is 0 Å². The molecule has 1 aliphatic rings. The minimum absolute atomic E-state index is 0.711. The van der Waals surface area contributed by atoms with Gasteiger partial charge in [-0.1, -0.05) is 12.8 Å². The zero-order valence-corrected chi connectivity index (χ0v) is 10.4. The Morgan fingerprint density at radius 1 is 1.18 bits per heavy atom. The Hall–Kier alpha value is -1.29. The smallest absolute Gasteiger partial charge is 0.126 e. The predicted octanol–water partition coefficient (Wildman–Crippen LogP) is 1.95. The number of anilines is 2. The summed E-state index contributed by atoms with van der Waals surface area (Å²) in [6.45, 7) is 4.55. The van der Waals surface area contributed by atoms with Gasteiger partial charge in [-0.3, -0.25) is 0 Å². The number of hydrogen-bond donors (Lipinski definition) is 2. The highest BCUT2D eigenvalue weighted by Gasteiger charge is 2.07. The van der Waals surface area contributed by atoms with Crippen LogP contribution in [-0.4, -0.2) is 36.1 Å². The van der Waals surface area contributed by atoms with E-state index in [0.29, 0.717) is 5.69 Å². The van der Waals surface area contributed by atoms with Crippen LogP contribution in [0.5, 0.6) is 0 Å². The van der Waals surface area contributed by atoms with Gasteiger partial charge in [-0.15, -0.1) is 0 Å². The molecule has 1 fully saturated rings. The van der Waals surface area contributed by atoms with E-state index in [2.05, 4.69) is 15.2 Å². The molecule has 4 heteroatoms. The van der Waals surface area contributed by atoms with E-state index in [9.17, 15) is 0 Å². The molecular formula is C13H22N4. The molecule has 0 unspecified atom stereocenters. The summed E-state index contributed by atoms with van der Waals surface area (Å²) in [4.78, 5) is 6.76. The highest BCUT2D eigenvalue weighted by Crippen LogP contribution is 2.09. The standard InChI is InChI=1S/C13H22N4/c14-12-5-6-13(16-11-12)15-7-10-17-8-3-1-2-4-9-17/h5-6,11H,1-4,7-10,14H2,(H,15,16). The first kappa shape index (κ1) is 12.2. The van der Waals surface area contributed by atoms with Gasteiger partial charge in [0.25, 0.3) is 0 Å². The topological polar surface area (TPSA) is 54.2 Å². The van der Waals surface area contributed by atoms with Crippen molar-refractivity contribution in [2.75, 3.05) is 37.2 Å². The fraction of sp³-hybridized carbons (Fsp3) is 0.615. The largest absolute Gasteiger partial charge is 0.397 e. The fourth-order valence-electron chi connectivity index (χ4n) is 2.21. The lowest BCUT2D eigenvalue weighted by atomic mass is 10.2. The van der Waals surface area contributed by atoms with E-state index in [0.717, 1.165) is 18.9 Å². The first-order valence-corrected chi connectivity index (χ1v) is 6.52. The van der Waals surface area contributed by atoms with Gasteiger partial charge < -0.3 is 16.0 Å². The third-order valence-electron chi connectivity index (χ3n) is 3.22. The van der Waals surface area contributed by atoms with Crippen LogP contribution in [0.4, 0.5) is 11.5 Å². The Balaban J connectivity index is 1.69. The molecule has 0 bridgehead atoms. The monoisotopic (exact) mass is 234 g/mol. The fourth-order valence-corrected chi connectivity index (χ4v) is 2.21. The van der Waals surface area contributed by atoms with Crippen molar-refractivity contribution in [3.63, 3.8) is 0 Å². The van der Waals surface area contributed by atoms with Gasteiger partial charge in [0.1, 0.15) is 5.82 Å². The second kappa shape index (κ2) is 6.45. The number of nitrogens with zero attached hydrogens (tertiary/aromatic N) is 2. The van der Waals surface area contributed by atoms with Crippen LogP contribution in [0.25, 0.3) is 0 Å². The molecule has 0 spiro atoms. The Morgan fingerprint density at radius 3 is 2.59 bits per heavy atom. The lowest BCUT2D eigenvalue weighted by Gasteiger charge is -2.19. The van der Waals surface area contributed by atoms with Crippen LogP contribution in [0, 0.1) is 0 Å². The van der Waals surface area contributed by atoms with Crippen LogP contribution < -0.4 is 11.1 Å². The Bertz CT molecular complexity index is 315. The van der Waals surface area contributed by atoms with Crippen molar-refractivity contribution in [2.45, 2.75) is 25.7 Å². The molecule has 0 saturated carbocycles. The first-order chi connectivity index (χ1) is 8.34. The molecule has 0 aliphatic carbocycles. The van der Waals surface area contributed by atoms with Gasteiger partial charge >= 0.3 is 0 Å². The number of pyridine rings is 1. The molecule has 1 saturated heterocycles. The van der Waals surface area contributed by atoms with E-state index in [1.807, 2.05) is 12.1 Å². The first-order valence-electron chi connectivity index (χ1n) is 6.52. The quantitative estimate of drug-likeness (QED) is 0.836. The van der Waals surface area contributed by atoms with Gasteiger partial charge in [0, 0.05) is 13.1 Å². The number of aromatic nitrogens is 1. The Morgan fingerprint density at radius 2 is 1.94 bits per heavy atom. The van der Waals surface area contributed by atoms with E-state index < -0.39 is 0 Å². The van der Waals surface area contributed by atoms with Crippen molar-refractivity contribution in [3.05, 3.63) is 18.3 Å². The second-order valence-corrected chi connectivity index (χ2v) is 4.66. The van der Waals surface area contributed by atoms with E-state index in [1.54, 1.807) is 6.20 Å². The maximum absolute atomic E-state index is 5.59. The highest BCUT2D eigenvalue weighted by molar-refractivity contribution is 5.43. The zero-order valence-electron chi connectivity index (χ0n) is 10.4.